The van der Waals surface area contributed by atoms with Crippen molar-refractivity contribution in [3.63, 3.8) is 0 Å². The van der Waals surface area contributed by atoms with E-state index in [0.717, 1.165) is 16.3 Å². The van der Waals surface area contributed by atoms with E-state index in [2.05, 4.69) is 17.1 Å². The van der Waals surface area contributed by atoms with Gasteiger partial charge in [0.15, 0.2) is 0 Å². The molecule has 0 aliphatic heterocycles. The average molecular weight is 245 g/mol. The van der Waals surface area contributed by atoms with Crippen LogP contribution in [0.4, 0.5) is 0 Å². The van der Waals surface area contributed by atoms with E-state index in [1.807, 2.05) is 30.3 Å². The molecule has 17 heavy (non-hydrogen) atoms. The lowest BCUT2D eigenvalue weighted by molar-refractivity contribution is 0.199. The van der Waals surface area contributed by atoms with Gasteiger partial charge in [0.05, 0.1) is 11.1 Å². The van der Waals surface area contributed by atoms with Gasteiger partial charge in [-0.15, -0.1) is 11.8 Å². The molecule has 3 heteroatoms. The number of thioether (sulfide) groups is 1. The van der Waals surface area contributed by atoms with Crippen molar-refractivity contribution in [3.05, 3.63) is 59.8 Å². The van der Waals surface area contributed by atoms with Crippen molar-refractivity contribution in [2.75, 3.05) is 0 Å². The highest BCUT2D eigenvalue weighted by Gasteiger charge is 2.03. The standard InChI is InChI=1S/C14H15NOS/c1-11(16)13-7-8-15-14(9-13)17-10-12-5-3-2-4-6-12/h2-9,11,16H,10H2,1H3/t11-/m1/s1. The van der Waals surface area contributed by atoms with Gasteiger partial charge >= 0.3 is 0 Å². The number of rotatable bonds is 4. The molecule has 1 heterocycles. The van der Waals surface area contributed by atoms with E-state index < -0.39 is 6.10 Å². The molecule has 0 saturated heterocycles. The second-order valence-corrected chi connectivity index (χ2v) is 4.87. The molecular formula is C14H15NOS. The fourth-order valence-corrected chi connectivity index (χ4v) is 2.36. The number of nitrogens with zero attached hydrogens (tertiary/aromatic N) is 1. The van der Waals surface area contributed by atoms with Crippen LogP contribution in [0.15, 0.2) is 53.7 Å². The summed E-state index contributed by atoms with van der Waals surface area (Å²) in [4.78, 5) is 4.29. The molecule has 0 spiro atoms. The molecule has 0 saturated carbocycles. The maximum atomic E-state index is 9.50. The van der Waals surface area contributed by atoms with Crippen molar-refractivity contribution in [1.82, 2.24) is 4.98 Å². The first-order valence-electron chi connectivity index (χ1n) is 5.56. The SMILES string of the molecule is C[C@@H](O)c1ccnc(SCc2ccccc2)c1. The van der Waals surface area contributed by atoms with Gasteiger partial charge in [-0.2, -0.15) is 0 Å². The van der Waals surface area contributed by atoms with Crippen LogP contribution < -0.4 is 0 Å². The van der Waals surface area contributed by atoms with Crippen molar-refractivity contribution < 1.29 is 5.11 Å². The van der Waals surface area contributed by atoms with Gasteiger partial charge in [0.25, 0.3) is 0 Å². The molecule has 0 amide bonds. The van der Waals surface area contributed by atoms with Crippen LogP contribution in [-0.4, -0.2) is 10.1 Å². The number of pyridine rings is 1. The first-order valence-corrected chi connectivity index (χ1v) is 6.55. The van der Waals surface area contributed by atoms with Crippen molar-refractivity contribution in [2.24, 2.45) is 0 Å². The molecule has 1 atom stereocenters. The van der Waals surface area contributed by atoms with Crippen LogP contribution in [0, 0.1) is 0 Å². The Balaban J connectivity index is 2.02. The summed E-state index contributed by atoms with van der Waals surface area (Å²) >= 11 is 1.68. The van der Waals surface area contributed by atoms with E-state index in [9.17, 15) is 5.11 Å². The molecule has 0 bridgehead atoms. The fraction of sp³-hybridized carbons (Fsp3) is 0.214. The van der Waals surface area contributed by atoms with Crippen LogP contribution in [0.2, 0.25) is 0 Å². The maximum absolute atomic E-state index is 9.50. The van der Waals surface area contributed by atoms with Gasteiger partial charge in [-0.3, -0.25) is 0 Å². The van der Waals surface area contributed by atoms with E-state index in [-0.39, 0.29) is 0 Å². The molecule has 0 aliphatic rings. The summed E-state index contributed by atoms with van der Waals surface area (Å²) in [6.07, 6.45) is 1.31. The van der Waals surface area contributed by atoms with E-state index in [1.54, 1.807) is 24.9 Å². The molecule has 0 aliphatic carbocycles. The van der Waals surface area contributed by atoms with E-state index in [0.29, 0.717) is 0 Å². The third-order valence-electron chi connectivity index (χ3n) is 2.47. The Morgan fingerprint density at radius 2 is 2.00 bits per heavy atom. The zero-order valence-electron chi connectivity index (χ0n) is 9.71. The monoisotopic (exact) mass is 245 g/mol. The Hall–Kier alpha value is -1.32. The summed E-state index contributed by atoms with van der Waals surface area (Å²) in [6, 6.07) is 14.1. The van der Waals surface area contributed by atoms with Crippen molar-refractivity contribution in [1.29, 1.82) is 0 Å². The number of benzene rings is 1. The minimum Gasteiger partial charge on any atom is -0.389 e. The lowest BCUT2D eigenvalue weighted by Gasteiger charge is -2.06. The minimum atomic E-state index is -0.436. The normalized spacial score (nSPS) is 12.4. The van der Waals surface area contributed by atoms with Crippen molar-refractivity contribution in [3.8, 4) is 0 Å². The van der Waals surface area contributed by atoms with E-state index in [1.165, 1.54) is 5.56 Å². The summed E-state index contributed by atoms with van der Waals surface area (Å²) in [6.45, 7) is 1.76. The molecule has 0 radical (unpaired) electrons. The number of hydrogen-bond acceptors (Lipinski definition) is 3. The van der Waals surface area contributed by atoms with Crippen LogP contribution >= 0.6 is 11.8 Å². The number of aliphatic hydroxyl groups is 1. The zero-order valence-corrected chi connectivity index (χ0v) is 10.5. The predicted octanol–water partition coefficient (Wildman–Crippen LogP) is 3.43. The Morgan fingerprint density at radius 3 is 2.71 bits per heavy atom. The predicted molar refractivity (Wildman–Crippen MR) is 70.9 cm³/mol. The molecule has 2 aromatic rings. The van der Waals surface area contributed by atoms with Crippen LogP contribution in [0.1, 0.15) is 24.2 Å². The molecule has 0 unspecified atom stereocenters. The molecule has 88 valence electrons. The summed E-state index contributed by atoms with van der Waals surface area (Å²) in [5.74, 6) is 0.900. The number of aliphatic hydroxyl groups excluding tert-OH is 1. The van der Waals surface area contributed by atoms with Crippen LogP contribution in [-0.2, 0) is 5.75 Å². The largest absolute Gasteiger partial charge is 0.389 e. The second-order valence-electron chi connectivity index (χ2n) is 3.88. The van der Waals surface area contributed by atoms with Gasteiger partial charge in [0.1, 0.15) is 0 Å². The summed E-state index contributed by atoms with van der Waals surface area (Å²) in [7, 11) is 0. The summed E-state index contributed by atoms with van der Waals surface area (Å²) in [5, 5.41) is 10.4. The molecule has 1 aromatic carbocycles. The molecule has 2 nitrogen and oxygen atoms in total. The van der Waals surface area contributed by atoms with E-state index in [4.69, 9.17) is 0 Å². The number of aromatic nitrogens is 1. The quantitative estimate of drug-likeness (QED) is 0.838. The maximum Gasteiger partial charge on any atom is 0.0966 e. The van der Waals surface area contributed by atoms with Crippen LogP contribution in [0.3, 0.4) is 0 Å². The Bertz CT molecular complexity index is 471. The molecule has 1 N–H and O–H groups in total. The van der Waals surface area contributed by atoms with Crippen LogP contribution in [0.5, 0.6) is 0 Å². The fourth-order valence-electron chi connectivity index (χ4n) is 1.50. The third-order valence-corrected chi connectivity index (χ3v) is 3.47. The highest BCUT2D eigenvalue weighted by Crippen LogP contribution is 2.23. The Kier molecular flexibility index (Phi) is 4.18. The lowest BCUT2D eigenvalue weighted by atomic mass is 10.2. The molecular weight excluding hydrogens is 230 g/mol. The van der Waals surface area contributed by atoms with Gasteiger partial charge in [-0.25, -0.2) is 4.98 Å². The number of hydrogen-bond donors (Lipinski definition) is 1. The van der Waals surface area contributed by atoms with E-state index >= 15 is 0 Å². The molecule has 1 aromatic heterocycles. The summed E-state index contributed by atoms with van der Waals surface area (Å²) in [5.41, 5.74) is 2.19. The first-order chi connectivity index (χ1) is 8.25. The second kappa shape index (κ2) is 5.84. The summed E-state index contributed by atoms with van der Waals surface area (Å²) < 4.78 is 0. The van der Waals surface area contributed by atoms with Gasteiger partial charge < -0.3 is 5.11 Å². The van der Waals surface area contributed by atoms with Gasteiger partial charge in [0, 0.05) is 11.9 Å². The Labute approximate surface area is 106 Å². The lowest BCUT2D eigenvalue weighted by Crippen LogP contribution is -1.92. The Morgan fingerprint density at radius 1 is 1.24 bits per heavy atom. The highest BCUT2D eigenvalue weighted by molar-refractivity contribution is 7.98. The molecule has 0 fully saturated rings. The van der Waals surface area contributed by atoms with Gasteiger partial charge in [-0.1, -0.05) is 30.3 Å². The highest BCUT2D eigenvalue weighted by atomic mass is 32.2. The minimum absolute atomic E-state index is 0.436. The first kappa shape index (κ1) is 12.1. The zero-order chi connectivity index (χ0) is 12.1. The van der Waals surface area contributed by atoms with Gasteiger partial charge in [-0.05, 0) is 30.2 Å². The average Bonchev–Trinajstić information content (AvgIpc) is 2.38. The van der Waals surface area contributed by atoms with Crippen LogP contribution in [0.25, 0.3) is 0 Å². The third kappa shape index (κ3) is 3.58. The topological polar surface area (TPSA) is 33.1 Å². The van der Waals surface area contributed by atoms with Crippen molar-refractivity contribution >= 4 is 11.8 Å². The van der Waals surface area contributed by atoms with Gasteiger partial charge in [0.2, 0.25) is 0 Å². The van der Waals surface area contributed by atoms with Crippen molar-refractivity contribution in [2.45, 2.75) is 23.8 Å². The smallest absolute Gasteiger partial charge is 0.0966 e. The molecule has 2 rings (SSSR count).